The largest absolute Gasteiger partial charge is 0.296 e. The molecular formula is C10H18N2. The van der Waals surface area contributed by atoms with Gasteiger partial charge in [0.25, 0.3) is 0 Å². The third-order valence-electron chi connectivity index (χ3n) is 1.33. The van der Waals surface area contributed by atoms with E-state index in [0.29, 0.717) is 0 Å². The first-order valence-electron chi connectivity index (χ1n) is 4.07. The first-order valence-corrected chi connectivity index (χ1v) is 4.07. The maximum Gasteiger partial charge on any atom is 0.0416 e. The minimum atomic E-state index is 0.259. The van der Waals surface area contributed by atoms with Crippen LogP contribution in [0.1, 0.15) is 27.2 Å². The molecule has 0 aromatic rings. The van der Waals surface area contributed by atoms with E-state index >= 15 is 0 Å². The summed E-state index contributed by atoms with van der Waals surface area (Å²) < 4.78 is 0. The second kappa shape index (κ2) is 4.86. The molecular weight excluding hydrogens is 148 g/mol. The highest BCUT2D eigenvalue weighted by atomic mass is 14.7. The van der Waals surface area contributed by atoms with Crippen LogP contribution < -0.4 is 0 Å². The van der Waals surface area contributed by atoms with Crippen molar-refractivity contribution in [3.63, 3.8) is 0 Å². The van der Waals surface area contributed by atoms with Crippen LogP contribution in [0.4, 0.5) is 0 Å². The zero-order valence-corrected chi connectivity index (χ0v) is 8.46. The Balaban J connectivity index is 4.28. The molecule has 0 N–H and O–H groups in total. The first kappa shape index (κ1) is 11.1. The van der Waals surface area contributed by atoms with Gasteiger partial charge in [0, 0.05) is 19.0 Å². The van der Waals surface area contributed by atoms with Gasteiger partial charge in [0.2, 0.25) is 0 Å². The summed E-state index contributed by atoms with van der Waals surface area (Å²) in [5.41, 5.74) is 1.25. The maximum absolute atomic E-state index is 3.93. The molecule has 0 aromatic heterocycles. The lowest BCUT2D eigenvalue weighted by Gasteiger charge is -2.17. The monoisotopic (exact) mass is 166 g/mol. The molecule has 0 atom stereocenters. The van der Waals surface area contributed by atoms with Crippen LogP contribution in [0, 0.1) is 5.41 Å². The smallest absolute Gasteiger partial charge is 0.0416 e. The summed E-state index contributed by atoms with van der Waals surface area (Å²) in [7, 11) is 1.74. The molecule has 0 saturated carbocycles. The quantitative estimate of drug-likeness (QED) is 0.576. The molecule has 2 nitrogen and oxygen atoms in total. The van der Waals surface area contributed by atoms with Gasteiger partial charge in [-0.1, -0.05) is 20.8 Å². The summed E-state index contributed by atoms with van der Waals surface area (Å²) in [6.07, 6.45) is 4.58. The Labute approximate surface area is 75.1 Å². The Morgan fingerprint density at radius 2 is 2.00 bits per heavy atom. The normalized spacial score (nSPS) is 13.8. The van der Waals surface area contributed by atoms with Gasteiger partial charge in [-0.15, -0.1) is 0 Å². The van der Waals surface area contributed by atoms with Crippen LogP contribution in [0.25, 0.3) is 0 Å². The predicted molar refractivity (Wildman–Crippen MR) is 56.1 cm³/mol. The van der Waals surface area contributed by atoms with Crippen LogP contribution in [0.2, 0.25) is 0 Å². The molecule has 0 bridgehead atoms. The Morgan fingerprint density at radius 1 is 1.42 bits per heavy atom. The molecule has 0 fully saturated rings. The highest BCUT2D eigenvalue weighted by molar-refractivity contribution is 5.72. The van der Waals surface area contributed by atoms with E-state index in [0.717, 1.165) is 12.1 Å². The molecule has 0 aliphatic heterocycles. The highest BCUT2D eigenvalue weighted by Crippen LogP contribution is 2.23. The van der Waals surface area contributed by atoms with E-state index in [-0.39, 0.29) is 5.41 Å². The van der Waals surface area contributed by atoms with Gasteiger partial charge in [0.15, 0.2) is 0 Å². The van der Waals surface area contributed by atoms with Gasteiger partial charge in [-0.05, 0) is 24.6 Å². The number of hydrogen-bond acceptors (Lipinski definition) is 2. The average Bonchev–Trinajstić information content (AvgIpc) is 1.95. The van der Waals surface area contributed by atoms with Gasteiger partial charge in [0.05, 0.1) is 0 Å². The zero-order chi connectivity index (χ0) is 9.61. The van der Waals surface area contributed by atoms with Crippen LogP contribution in [0.15, 0.2) is 21.8 Å². The Bertz CT molecular complexity index is 194. The molecule has 0 spiro atoms. The van der Waals surface area contributed by atoms with Gasteiger partial charge < -0.3 is 0 Å². The highest BCUT2D eigenvalue weighted by Gasteiger charge is 2.11. The summed E-state index contributed by atoms with van der Waals surface area (Å²) in [5.74, 6) is 0. The van der Waals surface area contributed by atoms with Gasteiger partial charge in [-0.2, -0.15) is 0 Å². The lowest BCUT2D eigenvalue weighted by atomic mass is 9.90. The van der Waals surface area contributed by atoms with Crippen molar-refractivity contribution in [1.29, 1.82) is 0 Å². The summed E-state index contributed by atoms with van der Waals surface area (Å²) in [6, 6.07) is 0. The molecule has 68 valence electrons. The van der Waals surface area contributed by atoms with Gasteiger partial charge >= 0.3 is 0 Å². The second-order valence-electron chi connectivity index (χ2n) is 3.96. The van der Waals surface area contributed by atoms with Crippen LogP contribution in [0.3, 0.4) is 0 Å². The number of allylic oxidation sites excluding steroid dienone is 2. The zero-order valence-electron chi connectivity index (χ0n) is 8.46. The molecule has 0 unspecified atom stereocenters. The maximum atomic E-state index is 3.93. The molecule has 0 aliphatic carbocycles. The summed E-state index contributed by atoms with van der Waals surface area (Å²) in [5, 5.41) is 0. The standard InChI is InChI=1S/C10H18N2/c1-10(2,3)8-9(12-5)6-7-11-4/h6-7H,5,8H2,1-4H3/b9-6-,11-7?. The Morgan fingerprint density at radius 3 is 2.33 bits per heavy atom. The van der Waals surface area contributed by atoms with Crippen LogP contribution in [0.5, 0.6) is 0 Å². The predicted octanol–water partition coefficient (Wildman–Crippen LogP) is 2.71. The van der Waals surface area contributed by atoms with E-state index in [9.17, 15) is 0 Å². The topological polar surface area (TPSA) is 24.7 Å². The molecule has 0 radical (unpaired) electrons. The molecule has 0 aromatic carbocycles. The number of nitrogens with zero attached hydrogens (tertiary/aromatic N) is 2. The van der Waals surface area contributed by atoms with Crippen molar-refractivity contribution in [1.82, 2.24) is 0 Å². The lowest BCUT2D eigenvalue weighted by Crippen LogP contribution is -2.05. The number of aliphatic imine (C=N–C) groups is 2. The lowest BCUT2D eigenvalue weighted by molar-refractivity contribution is 0.408. The van der Waals surface area contributed by atoms with Crippen molar-refractivity contribution in [3.05, 3.63) is 11.8 Å². The van der Waals surface area contributed by atoms with E-state index in [1.165, 1.54) is 0 Å². The van der Waals surface area contributed by atoms with Crippen molar-refractivity contribution in [2.75, 3.05) is 7.05 Å². The molecule has 0 heterocycles. The fourth-order valence-corrected chi connectivity index (χ4v) is 0.871. The van der Waals surface area contributed by atoms with Crippen LogP contribution in [-0.4, -0.2) is 20.0 Å². The Hall–Kier alpha value is -0.920. The molecule has 0 rings (SSSR count). The van der Waals surface area contributed by atoms with Crippen molar-refractivity contribution >= 4 is 12.9 Å². The molecule has 0 aliphatic rings. The SMILES string of the molecule is C=N/C(=C\C=NC)CC(C)(C)C. The van der Waals surface area contributed by atoms with Gasteiger partial charge in [-0.3, -0.25) is 9.98 Å². The number of rotatable bonds is 3. The third kappa shape index (κ3) is 5.83. The van der Waals surface area contributed by atoms with Gasteiger partial charge in [0.1, 0.15) is 0 Å². The van der Waals surface area contributed by atoms with E-state index in [2.05, 4.69) is 37.5 Å². The van der Waals surface area contributed by atoms with Crippen molar-refractivity contribution in [2.45, 2.75) is 27.2 Å². The molecule has 2 heteroatoms. The van der Waals surface area contributed by atoms with Crippen LogP contribution in [-0.2, 0) is 0 Å². The summed E-state index contributed by atoms with van der Waals surface area (Å²) >= 11 is 0. The number of hydrogen-bond donors (Lipinski definition) is 0. The summed E-state index contributed by atoms with van der Waals surface area (Å²) in [4.78, 5) is 7.80. The third-order valence-corrected chi connectivity index (χ3v) is 1.33. The van der Waals surface area contributed by atoms with E-state index in [4.69, 9.17) is 0 Å². The minimum absolute atomic E-state index is 0.259. The van der Waals surface area contributed by atoms with E-state index in [1.807, 2.05) is 6.08 Å². The van der Waals surface area contributed by atoms with Crippen molar-refractivity contribution in [3.8, 4) is 0 Å². The fourth-order valence-electron chi connectivity index (χ4n) is 0.871. The van der Waals surface area contributed by atoms with Crippen LogP contribution >= 0.6 is 0 Å². The van der Waals surface area contributed by atoms with E-state index in [1.54, 1.807) is 13.3 Å². The fraction of sp³-hybridized carbons (Fsp3) is 0.600. The van der Waals surface area contributed by atoms with Crippen molar-refractivity contribution in [2.24, 2.45) is 15.4 Å². The first-order chi connectivity index (χ1) is 5.49. The Kier molecular flexibility index (Phi) is 4.49. The average molecular weight is 166 g/mol. The summed E-state index contributed by atoms with van der Waals surface area (Å²) in [6.45, 7) is 10.0. The second-order valence-corrected chi connectivity index (χ2v) is 3.96. The molecule has 0 amide bonds. The van der Waals surface area contributed by atoms with E-state index < -0.39 is 0 Å². The molecule has 0 saturated heterocycles. The minimum Gasteiger partial charge on any atom is -0.296 e. The van der Waals surface area contributed by atoms with Gasteiger partial charge in [-0.25, -0.2) is 0 Å². The van der Waals surface area contributed by atoms with Crippen molar-refractivity contribution < 1.29 is 0 Å². The molecule has 12 heavy (non-hydrogen) atoms.